The first-order valence-corrected chi connectivity index (χ1v) is 10.3. The summed E-state index contributed by atoms with van der Waals surface area (Å²) in [6.45, 7) is 7.96. The summed E-state index contributed by atoms with van der Waals surface area (Å²) in [7, 11) is 0. The summed E-state index contributed by atoms with van der Waals surface area (Å²) in [4.78, 5) is 12.6. The van der Waals surface area contributed by atoms with Crippen molar-refractivity contribution in [2.75, 3.05) is 10.6 Å². The summed E-state index contributed by atoms with van der Waals surface area (Å²) in [5.41, 5.74) is 5.19. The molecule has 5 nitrogen and oxygen atoms in total. The number of rotatable bonds is 6. The van der Waals surface area contributed by atoms with Crippen molar-refractivity contribution in [1.29, 1.82) is 0 Å². The number of anilines is 3. The number of aromatic nitrogens is 2. The van der Waals surface area contributed by atoms with Crippen molar-refractivity contribution in [3.05, 3.63) is 59.2 Å². The van der Waals surface area contributed by atoms with Gasteiger partial charge in [-0.25, -0.2) is 0 Å². The molecule has 0 saturated heterocycles. The second-order valence-corrected chi connectivity index (χ2v) is 8.95. The fourth-order valence-corrected chi connectivity index (χ4v) is 4.68. The van der Waals surface area contributed by atoms with Crippen molar-refractivity contribution < 1.29 is 4.79 Å². The first kappa shape index (κ1) is 19.4. The fourth-order valence-electron chi connectivity index (χ4n) is 2.76. The van der Waals surface area contributed by atoms with Crippen molar-refractivity contribution in [3.8, 4) is 0 Å². The molecule has 2 aromatic carbocycles. The van der Waals surface area contributed by atoms with Crippen molar-refractivity contribution in [2.24, 2.45) is 0 Å². The van der Waals surface area contributed by atoms with Gasteiger partial charge in [-0.1, -0.05) is 59.0 Å². The number of thioether (sulfide) groups is 1. The number of aryl methyl sites for hydroxylation is 3. The third-order valence-electron chi connectivity index (χ3n) is 4.00. The molecular formula is C20H22N4OS2. The van der Waals surface area contributed by atoms with E-state index in [9.17, 15) is 4.79 Å². The van der Waals surface area contributed by atoms with Crippen LogP contribution in [0.15, 0.2) is 46.8 Å². The molecule has 7 heteroatoms. The molecule has 2 N–H and O–H groups in total. The summed E-state index contributed by atoms with van der Waals surface area (Å²) in [6.07, 6.45) is 0. The number of carbonyl (C=O) groups excluding carboxylic acids is 1. The van der Waals surface area contributed by atoms with Gasteiger partial charge in [0.15, 0.2) is 4.34 Å². The second kappa shape index (κ2) is 8.54. The van der Waals surface area contributed by atoms with Crippen LogP contribution in [0.4, 0.5) is 16.5 Å². The summed E-state index contributed by atoms with van der Waals surface area (Å²) in [6, 6.07) is 14.0. The highest BCUT2D eigenvalue weighted by molar-refractivity contribution is 8.02. The molecule has 0 aliphatic heterocycles. The number of nitrogens with zero attached hydrogens (tertiary/aromatic N) is 2. The van der Waals surface area contributed by atoms with Crippen molar-refractivity contribution in [1.82, 2.24) is 10.2 Å². The van der Waals surface area contributed by atoms with E-state index in [1.807, 2.05) is 51.1 Å². The molecule has 140 valence electrons. The number of hydrogen-bond acceptors (Lipinski definition) is 6. The van der Waals surface area contributed by atoms with Crippen LogP contribution >= 0.6 is 23.1 Å². The highest BCUT2D eigenvalue weighted by atomic mass is 32.2. The molecule has 0 unspecified atom stereocenters. The van der Waals surface area contributed by atoms with Crippen LogP contribution in [0, 0.1) is 20.8 Å². The van der Waals surface area contributed by atoms with E-state index in [4.69, 9.17) is 0 Å². The molecule has 1 amide bonds. The number of hydrogen-bond donors (Lipinski definition) is 2. The Labute approximate surface area is 167 Å². The number of para-hydroxylation sites is 1. The predicted octanol–water partition coefficient (Wildman–Crippen LogP) is 5.33. The summed E-state index contributed by atoms with van der Waals surface area (Å²) in [5.74, 6) is -0.0391. The molecule has 1 aromatic heterocycles. The summed E-state index contributed by atoms with van der Waals surface area (Å²) < 4.78 is 0.758. The molecule has 0 bridgehead atoms. The largest absolute Gasteiger partial charge is 0.330 e. The minimum Gasteiger partial charge on any atom is -0.330 e. The Morgan fingerprint density at radius 2 is 1.74 bits per heavy atom. The van der Waals surface area contributed by atoms with Gasteiger partial charge in [-0.2, -0.15) is 0 Å². The number of benzene rings is 2. The SMILES string of the molecule is Cc1cc(C)c(NC(=O)[C@@H](C)Sc2nnc(Nc3ccccc3)s2)c(C)c1. The Balaban J connectivity index is 1.62. The predicted molar refractivity (Wildman–Crippen MR) is 114 cm³/mol. The maximum absolute atomic E-state index is 12.6. The molecule has 0 saturated carbocycles. The molecule has 3 aromatic rings. The van der Waals surface area contributed by atoms with E-state index in [2.05, 4.69) is 39.9 Å². The Kier molecular flexibility index (Phi) is 6.13. The zero-order valence-corrected chi connectivity index (χ0v) is 17.4. The first-order valence-electron chi connectivity index (χ1n) is 8.63. The maximum atomic E-state index is 12.6. The Morgan fingerprint density at radius 1 is 1.07 bits per heavy atom. The second-order valence-electron chi connectivity index (χ2n) is 6.39. The lowest BCUT2D eigenvalue weighted by molar-refractivity contribution is -0.115. The fraction of sp³-hybridized carbons (Fsp3) is 0.250. The molecule has 3 rings (SSSR count). The van der Waals surface area contributed by atoms with Gasteiger partial charge < -0.3 is 10.6 Å². The molecule has 0 radical (unpaired) electrons. The highest BCUT2D eigenvalue weighted by Crippen LogP contribution is 2.31. The average molecular weight is 399 g/mol. The maximum Gasteiger partial charge on any atom is 0.237 e. The Morgan fingerprint density at radius 3 is 2.41 bits per heavy atom. The minimum absolute atomic E-state index is 0.0391. The molecule has 0 aliphatic rings. The van der Waals surface area contributed by atoms with Gasteiger partial charge in [-0.15, -0.1) is 10.2 Å². The number of amides is 1. The molecule has 1 atom stereocenters. The lowest BCUT2D eigenvalue weighted by Crippen LogP contribution is -2.23. The van der Waals surface area contributed by atoms with Gasteiger partial charge in [0, 0.05) is 11.4 Å². The van der Waals surface area contributed by atoms with E-state index < -0.39 is 0 Å². The van der Waals surface area contributed by atoms with Crippen LogP contribution in [-0.2, 0) is 4.79 Å². The van der Waals surface area contributed by atoms with Crippen LogP contribution in [0.5, 0.6) is 0 Å². The normalized spacial score (nSPS) is 11.9. The standard InChI is InChI=1S/C20H22N4OS2/c1-12-10-13(2)17(14(3)11-12)22-18(25)15(4)26-20-24-23-19(27-20)21-16-8-6-5-7-9-16/h5-11,15H,1-4H3,(H,21,23)(H,22,25)/t15-/m1/s1. The molecule has 0 fully saturated rings. The van der Waals surface area contributed by atoms with Crippen molar-refractivity contribution in [2.45, 2.75) is 37.3 Å². The van der Waals surface area contributed by atoms with E-state index in [0.29, 0.717) is 5.13 Å². The van der Waals surface area contributed by atoms with E-state index in [1.165, 1.54) is 28.7 Å². The minimum atomic E-state index is -0.275. The van der Waals surface area contributed by atoms with Crippen molar-refractivity contribution in [3.63, 3.8) is 0 Å². The van der Waals surface area contributed by atoms with E-state index >= 15 is 0 Å². The van der Waals surface area contributed by atoms with Crippen molar-refractivity contribution >= 4 is 45.5 Å². The van der Waals surface area contributed by atoms with Gasteiger partial charge in [0.1, 0.15) is 0 Å². The van der Waals surface area contributed by atoms with Gasteiger partial charge in [0.25, 0.3) is 0 Å². The molecule has 0 spiro atoms. The van der Waals surface area contributed by atoms with Gasteiger partial charge in [0.2, 0.25) is 11.0 Å². The Bertz CT molecular complexity index is 917. The third-order valence-corrected chi connectivity index (χ3v) is 6.03. The topological polar surface area (TPSA) is 66.9 Å². The van der Waals surface area contributed by atoms with Crippen LogP contribution in [0.1, 0.15) is 23.6 Å². The monoisotopic (exact) mass is 398 g/mol. The zero-order chi connectivity index (χ0) is 19.4. The number of nitrogens with one attached hydrogen (secondary N) is 2. The lowest BCUT2D eigenvalue weighted by atomic mass is 10.1. The summed E-state index contributed by atoms with van der Waals surface area (Å²) in [5, 5.41) is 15.0. The van der Waals surface area contributed by atoms with Gasteiger partial charge in [0.05, 0.1) is 5.25 Å². The Hall–Kier alpha value is -2.38. The number of carbonyl (C=O) groups is 1. The molecular weight excluding hydrogens is 376 g/mol. The average Bonchev–Trinajstić information content (AvgIpc) is 3.05. The molecule has 1 heterocycles. The van der Waals surface area contributed by atoms with Crippen LogP contribution < -0.4 is 10.6 Å². The molecule has 0 aliphatic carbocycles. The quantitative estimate of drug-likeness (QED) is 0.550. The van der Waals surface area contributed by atoms with Gasteiger partial charge in [-0.3, -0.25) is 4.79 Å². The molecule has 27 heavy (non-hydrogen) atoms. The van der Waals surface area contributed by atoms with Gasteiger partial charge in [-0.05, 0) is 51.0 Å². The lowest BCUT2D eigenvalue weighted by Gasteiger charge is -2.15. The summed E-state index contributed by atoms with van der Waals surface area (Å²) >= 11 is 2.85. The van der Waals surface area contributed by atoms with E-state index in [-0.39, 0.29) is 11.2 Å². The van der Waals surface area contributed by atoms with Crippen LogP contribution in [0.25, 0.3) is 0 Å². The first-order chi connectivity index (χ1) is 12.9. The van der Waals surface area contributed by atoms with Crippen LogP contribution in [-0.4, -0.2) is 21.4 Å². The highest BCUT2D eigenvalue weighted by Gasteiger charge is 2.19. The zero-order valence-electron chi connectivity index (χ0n) is 15.7. The van der Waals surface area contributed by atoms with E-state index in [0.717, 1.165) is 26.8 Å². The van der Waals surface area contributed by atoms with Crippen LogP contribution in [0.2, 0.25) is 0 Å². The van der Waals surface area contributed by atoms with Crippen LogP contribution in [0.3, 0.4) is 0 Å². The smallest absolute Gasteiger partial charge is 0.237 e. The van der Waals surface area contributed by atoms with E-state index in [1.54, 1.807) is 0 Å². The third kappa shape index (κ3) is 5.08. The van der Waals surface area contributed by atoms with Gasteiger partial charge >= 0.3 is 0 Å².